The van der Waals surface area contributed by atoms with Crippen molar-refractivity contribution < 1.29 is 24.7 Å². The maximum absolute atomic E-state index is 13.0. The van der Waals surface area contributed by atoms with E-state index in [1.54, 1.807) is 38.0 Å². The first-order chi connectivity index (χ1) is 12.0. The number of hydrogen-bond donors (Lipinski definition) is 4. The summed E-state index contributed by atoms with van der Waals surface area (Å²) in [6.45, 7) is 9.14. The minimum Gasteiger partial charge on any atom is -0.480 e. The van der Waals surface area contributed by atoms with E-state index >= 15 is 0 Å². The molecule has 8 heteroatoms. The van der Waals surface area contributed by atoms with E-state index in [0.717, 1.165) is 17.9 Å². The van der Waals surface area contributed by atoms with Crippen LogP contribution in [-0.4, -0.2) is 45.6 Å². The van der Waals surface area contributed by atoms with Gasteiger partial charge in [0.2, 0.25) is 11.8 Å². The van der Waals surface area contributed by atoms with Gasteiger partial charge in [0.15, 0.2) is 0 Å². The summed E-state index contributed by atoms with van der Waals surface area (Å²) >= 11 is 1.72. The molecule has 7 nitrogen and oxygen atoms in total. The van der Waals surface area contributed by atoms with Crippen molar-refractivity contribution >= 4 is 29.5 Å². The quantitative estimate of drug-likeness (QED) is 0.374. The molecule has 150 valence electrons. The number of hydroxylamine groups is 1. The summed E-state index contributed by atoms with van der Waals surface area (Å²) in [5.41, 5.74) is 1.05. The molecule has 0 aromatic carbocycles. The van der Waals surface area contributed by atoms with Crippen LogP contribution in [0.2, 0.25) is 0 Å². The third kappa shape index (κ3) is 6.16. The number of nitrogens with one attached hydrogen (secondary N) is 2. The van der Waals surface area contributed by atoms with Crippen LogP contribution in [0.1, 0.15) is 47.5 Å². The van der Waals surface area contributed by atoms with Crippen molar-refractivity contribution in [3.63, 3.8) is 0 Å². The van der Waals surface area contributed by atoms with Gasteiger partial charge >= 0.3 is 5.97 Å². The van der Waals surface area contributed by atoms with Crippen molar-refractivity contribution in [2.24, 2.45) is 29.1 Å². The van der Waals surface area contributed by atoms with Crippen LogP contribution < -0.4 is 10.8 Å². The summed E-state index contributed by atoms with van der Waals surface area (Å²) in [5.74, 6) is -1.67. The minimum absolute atomic E-state index is 0.0143. The molecule has 0 spiro atoms. The summed E-state index contributed by atoms with van der Waals surface area (Å²) in [7, 11) is 0. The molecule has 0 aliphatic carbocycles. The van der Waals surface area contributed by atoms with Gasteiger partial charge < -0.3 is 10.4 Å². The lowest BCUT2D eigenvalue weighted by Crippen LogP contribution is -2.53. The Kier molecular flexibility index (Phi) is 8.40. The first kappa shape index (κ1) is 22.8. The van der Waals surface area contributed by atoms with E-state index in [-0.39, 0.29) is 11.8 Å². The molecular weight excluding hydrogens is 356 g/mol. The molecule has 0 bridgehead atoms. The van der Waals surface area contributed by atoms with Gasteiger partial charge in [0.1, 0.15) is 6.04 Å². The number of aliphatic carboxylic acids is 1. The zero-order chi connectivity index (χ0) is 20.1. The highest BCUT2D eigenvalue weighted by molar-refractivity contribution is 7.99. The maximum Gasteiger partial charge on any atom is 0.326 e. The molecule has 1 aliphatic heterocycles. The van der Waals surface area contributed by atoms with E-state index < -0.39 is 41.1 Å². The van der Waals surface area contributed by atoms with Crippen molar-refractivity contribution in [2.75, 3.05) is 11.5 Å². The van der Waals surface area contributed by atoms with E-state index in [4.69, 9.17) is 0 Å². The zero-order valence-electron chi connectivity index (χ0n) is 16.2. The Bertz CT molecular complexity index is 512. The summed E-state index contributed by atoms with van der Waals surface area (Å²) < 4.78 is 0. The summed E-state index contributed by atoms with van der Waals surface area (Å²) in [5, 5.41) is 21.3. The van der Waals surface area contributed by atoms with E-state index in [0.29, 0.717) is 6.42 Å². The second kappa shape index (κ2) is 9.60. The highest BCUT2D eigenvalue weighted by atomic mass is 32.2. The highest BCUT2D eigenvalue weighted by Gasteiger charge is 2.43. The fourth-order valence-corrected chi connectivity index (χ4v) is 4.77. The smallest absolute Gasteiger partial charge is 0.326 e. The topological polar surface area (TPSA) is 116 Å². The molecule has 4 unspecified atom stereocenters. The lowest BCUT2D eigenvalue weighted by molar-refractivity contribution is -0.148. The molecule has 1 rings (SSSR count). The van der Waals surface area contributed by atoms with Gasteiger partial charge in [-0.15, -0.1) is 0 Å². The third-order valence-corrected chi connectivity index (χ3v) is 5.97. The maximum atomic E-state index is 13.0. The van der Waals surface area contributed by atoms with E-state index in [1.807, 2.05) is 13.8 Å². The number of thioether (sulfide) groups is 1. The predicted octanol–water partition coefficient (Wildman–Crippen LogP) is 2.14. The number of hydrogen-bond acceptors (Lipinski definition) is 5. The third-order valence-electron chi connectivity index (χ3n) is 4.78. The van der Waals surface area contributed by atoms with Gasteiger partial charge in [0.25, 0.3) is 0 Å². The van der Waals surface area contributed by atoms with Gasteiger partial charge in [0.05, 0.1) is 11.8 Å². The monoisotopic (exact) mass is 388 g/mol. The Hall–Kier alpha value is -1.28. The first-order valence-electron chi connectivity index (χ1n) is 9.03. The van der Waals surface area contributed by atoms with Crippen LogP contribution in [0.15, 0.2) is 0 Å². The van der Waals surface area contributed by atoms with Crippen LogP contribution in [0.5, 0.6) is 0 Å². The SMILES string of the molecule is CC(C)CC(C(=O)NC(C(=O)O)C(C)(C)C)C(C(=O)NO)C1CCSC1. The molecule has 4 N–H and O–H groups in total. The number of rotatable bonds is 8. The van der Waals surface area contributed by atoms with Gasteiger partial charge in [-0.05, 0) is 41.6 Å². The number of carbonyl (C=O) groups excluding carboxylic acids is 2. The molecule has 0 aromatic rings. The van der Waals surface area contributed by atoms with Crippen LogP contribution in [-0.2, 0) is 14.4 Å². The molecule has 26 heavy (non-hydrogen) atoms. The summed E-state index contributed by atoms with van der Waals surface area (Å²) in [6, 6.07) is -1.06. The lowest BCUT2D eigenvalue weighted by Gasteiger charge is -2.33. The fraction of sp³-hybridized carbons (Fsp3) is 0.833. The molecule has 2 amide bonds. The standard InChI is InChI=1S/C18H32N2O5S/c1-10(2)8-12(13(16(22)20-25)11-6-7-26-9-11)15(21)19-14(17(23)24)18(3,4)5/h10-14,25H,6-9H2,1-5H3,(H,19,21)(H,20,22)(H,23,24). The van der Waals surface area contributed by atoms with Gasteiger partial charge in [0, 0.05) is 0 Å². The van der Waals surface area contributed by atoms with Crippen molar-refractivity contribution in [1.82, 2.24) is 10.8 Å². The van der Waals surface area contributed by atoms with Gasteiger partial charge in [-0.3, -0.25) is 14.8 Å². The van der Waals surface area contributed by atoms with Crippen molar-refractivity contribution in [1.29, 1.82) is 0 Å². The Morgan fingerprint density at radius 1 is 1.19 bits per heavy atom. The molecule has 1 fully saturated rings. The van der Waals surface area contributed by atoms with Gasteiger partial charge in [-0.1, -0.05) is 34.6 Å². The zero-order valence-corrected chi connectivity index (χ0v) is 17.1. The van der Waals surface area contributed by atoms with Gasteiger partial charge in [-0.25, -0.2) is 10.3 Å². The molecular formula is C18H32N2O5S. The van der Waals surface area contributed by atoms with Crippen LogP contribution in [0.25, 0.3) is 0 Å². The number of carbonyl (C=O) groups is 3. The Morgan fingerprint density at radius 3 is 2.19 bits per heavy atom. The molecule has 0 radical (unpaired) electrons. The molecule has 1 heterocycles. The Morgan fingerprint density at radius 2 is 1.81 bits per heavy atom. The van der Waals surface area contributed by atoms with Crippen LogP contribution in [0.4, 0.5) is 0 Å². The number of carboxylic acids is 1. The Balaban J connectivity index is 3.13. The van der Waals surface area contributed by atoms with E-state index in [9.17, 15) is 24.7 Å². The average molecular weight is 389 g/mol. The van der Waals surface area contributed by atoms with Crippen LogP contribution in [0.3, 0.4) is 0 Å². The number of carboxylic acid groups (broad SMARTS) is 1. The molecule has 0 saturated carbocycles. The van der Waals surface area contributed by atoms with Crippen molar-refractivity contribution in [3.8, 4) is 0 Å². The van der Waals surface area contributed by atoms with Crippen molar-refractivity contribution in [2.45, 2.75) is 53.5 Å². The first-order valence-corrected chi connectivity index (χ1v) is 10.2. The highest BCUT2D eigenvalue weighted by Crippen LogP contribution is 2.37. The normalized spacial score (nSPS) is 21.1. The minimum atomic E-state index is -1.10. The van der Waals surface area contributed by atoms with Crippen LogP contribution >= 0.6 is 11.8 Å². The largest absolute Gasteiger partial charge is 0.480 e. The second-order valence-electron chi connectivity index (χ2n) is 8.51. The fourth-order valence-electron chi connectivity index (χ4n) is 3.46. The Labute approximate surface area is 159 Å². The summed E-state index contributed by atoms with van der Waals surface area (Å²) in [6.07, 6.45) is 1.24. The molecule has 1 aliphatic rings. The summed E-state index contributed by atoms with van der Waals surface area (Å²) in [4.78, 5) is 37.0. The van der Waals surface area contributed by atoms with E-state index in [2.05, 4.69) is 5.32 Å². The van der Waals surface area contributed by atoms with E-state index in [1.165, 1.54) is 0 Å². The van der Waals surface area contributed by atoms with Gasteiger partial charge in [-0.2, -0.15) is 11.8 Å². The number of amides is 2. The molecule has 1 saturated heterocycles. The van der Waals surface area contributed by atoms with Crippen molar-refractivity contribution in [3.05, 3.63) is 0 Å². The lowest BCUT2D eigenvalue weighted by atomic mass is 9.75. The van der Waals surface area contributed by atoms with Crippen LogP contribution in [0, 0.1) is 29.1 Å². The predicted molar refractivity (Wildman–Crippen MR) is 101 cm³/mol. The molecule has 0 aromatic heterocycles. The molecule has 4 atom stereocenters. The average Bonchev–Trinajstić information content (AvgIpc) is 3.03. The second-order valence-corrected chi connectivity index (χ2v) is 9.66.